The lowest BCUT2D eigenvalue weighted by molar-refractivity contribution is -0.286. The minimum Gasteiger partial charge on any atom is -0.463 e. The van der Waals surface area contributed by atoms with Gasteiger partial charge in [-0.2, -0.15) is 0 Å². The van der Waals surface area contributed by atoms with E-state index >= 15 is 9.59 Å². The Balaban J connectivity index is 1.41. The molecule has 0 radical (unpaired) electrons. The highest BCUT2D eigenvalue weighted by Crippen LogP contribution is 2.62. The van der Waals surface area contributed by atoms with Gasteiger partial charge in [0.05, 0.1) is 23.2 Å². The van der Waals surface area contributed by atoms with Crippen molar-refractivity contribution in [3.63, 3.8) is 0 Å². The first-order chi connectivity index (χ1) is 34.5. The van der Waals surface area contributed by atoms with Gasteiger partial charge in [-0.1, -0.05) is 111 Å². The summed E-state index contributed by atoms with van der Waals surface area (Å²) in [6, 6.07) is 30.5. The lowest BCUT2D eigenvalue weighted by atomic mass is 9.45. The van der Waals surface area contributed by atoms with Crippen LogP contribution in [0.2, 0.25) is 0 Å². The molecule has 1 amide bonds. The predicted molar refractivity (Wildman–Crippen MR) is 257 cm³/mol. The summed E-state index contributed by atoms with van der Waals surface area (Å²) < 4.78 is 35.0. The van der Waals surface area contributed by atoms with Crippen molar-refractivity contribution in [1.82, 2.24) is 5.32 Å². The molecule has 11 atom stereocenters. The third-order valence-corrected chi connectivity index (χ3v) is 14.6. The van der Waals surface area contributed by atoms with Gasteiger partial charge in [-0.3, -0.25) is 19.2 Å². The zero-order valence-corrected chi connectivity index (χ0v) is 41.1. The standard InChI is InChI=1S/C55H59NO17/c1-31-38(71-50(64)44(72-51(65)68-29-34-19-11-7-12-20-34)42(35-21-13-8-14-22-35)56-48(62)36-23-15-9-16-24-36)28-55(67)47(73-49(63)37-25-17-10-18-26-37)45-53(6,39(59)27-40(60)54(45,66)30-69-32(2)57)46(61)43(70-33(3)58)41(31)52(55,4)5/h7-26,38-40,42-45,47,59-60,66-67H,27-30H2,1-6H3,(H,56,62)/t38-,39-,40-,42-,43+,44+,45?,47?,53+,54-,55+/m0/s1. The van der Waals surface area contributed by atoms with E-state index in [2.05, 4.69) is 5.32 Å². The Bertz CT molecular complexity index is 2730. The van der Waals surface area contributed by atoms with E-state index in [1.165, 1.54) is 64.1 Å². The quantitative estimate of drug-likeness (QED) is 0.0628. The van der Waals surface area contributed by atoms with E-state index in [0.717, 1.165) is 13.8 Å². The number of esters is 4. The van der Waals surface area contributed by atoms with Crippen LogP contribution in [0.4, 0.5) is 4.79 Å². The summed E-state index contributed by atoms with van der Waals surface area (Å²) in [4.78, 5) is 98.5. The van der Waals surface area contributed by atoms with Crippen LogP contribution in [0, 0.1) is 16.7 Å². The van der Waals surface area contributed by atoms with E-state index in [0.29, 0.717) is 5.56 Å². The number of fused-ring (bicyclic) bond motifs is 3. The van der Waals surface area contributed by atoms with E-state index in [-0.39, 0.29) is 34.4 Å². The second kappa shape index (κ2) is 21.5. The van der Waals surface area contributed by atoms with Crippen molar-refractivity contribution in [2.45, 2.75) is 115 Å². The van der Waals surface area contributed by atoms with Crippen LogP contribution >= 0.6 is 0 Å². The van der Waals surface area contributed by atoms with Gasteiger partial charge in [-0.15, -0.1) is 0 Å². The fourth-order valence-corrected chi connectivity index (χ4v) is 10.6. The number of Topliss-reactive ketones (excluding diaryl/α,β-unsaturated/α-hetero) is 1. The summed E-state index contributed by atoms with van der Waals surface area (Å²) in [5, 5.41) is 53.4. The van der Waals surface area contributed by atoms with Crippen molar-refractivity contribution in [2.24, 2.45) is 16.7 Å². The Labute approximate surface area is 421 Å². The average molecular weight is 1010 g/mol. The Morgan fingerprint density at radius 1 is 0.712 bits per heavy atom. The van der Waals surface area contributed by atoms with E-state index < -0.39 is 132 Å². The van der Waals surface area contributed by atoms with Gasteiger partial charge in [-0.05, 0) is 60.4 Å². The summed E-state index contributed by atoms with van der Waals surface area (Å²) in [6.45, 7) is 6.23. The topological polar surface area (TPSA) is 268 Å². The molecule has 2 fully saturated rings. The zero-order valence-electron chi connectivity index (χ0n) is 41.1. The van der Waals surface area contributed by atoms with Crippen molar-refractivity contribution >= 4 is 41.7 Å². The summed E-state index contributed by atoms with van der Waals surface area (Å²) in [6.07, 6.45) is -14.7. The predicted octanol–water partition coefficient (Wildman–Crippen LogP) is 5.05. The number of hydrogen-bond donors (Lipinski definition) is 5. The Morgan fingerprint density at radius 2 is 1.27 bits per heavy atom. The molecule has 2 bridgehead atoms. The fourth-order valence-electron chi connectivity index (χ4n) is 10.6. The largest absolute Gasteiger partial charge is 0.509 e. The molecule has 386 valence electrons. The number of hydrogen-bond acceptors (Lipinski definition) is 17. The molecular weight excluding hydrogens is 947 g/mol. The maximum Gasteiger partial charge on any atom is 0.509 e. The maximum absolute atomic E-state index is 15.6. The molecule has 0 aliphatic heterocycles. The van der Waals surface area contributed by atoms with Gasteiger partial charge in [0.25, 0.3) is 5.91 Å². The van der Waals surface area contributed by atoms with Crippen LogP contribution in [0.3, 0.4) is 0 Å². The van der Waals surface area contributed by atoms with Gasteiger partial charge in [0.2, 0.25) is 6.10 Å². The molecule has 4 aromatic carbocycles. The number of ether oxygens (including phenoxy) is 6. The molecule has 3 aliphatic rings. The molecule has 5 N–H and O–H groups in total. The van der Waals surface area contributed by atoms with Gasteiger partial charge >= 0.3 is 30.0 Å². The molecule has 73 heavy (non-hydrogen) atoms. The number of rotatable bonds is 14. The minimum absolute atomic E-state index is 0.0355. The zero-order chi connectivity index (χ0) is 53.0. The van der Waals surface area contributed by atoms with Crippen LogP contribution in [0.15, 0.2) is 132 Å². The summed E-state index contributed by atoms with van der Waals surface area (Å²) in [7, 11) is 0. The van der Waals surface area contributed by atoms with Crippen molar-refractivity contribution in [3.05, 3.63) is 155 Å². The van der Waals surface area contributed by atoms with Crippen LogP contribution in [0.25, 0.3) is 0 Å². The van der Waals surface area contributed by atoms with Crippen molar-refractivity contribution in [1.29, 1.82) is 0 Å². The van der Waals surface area contributed by atoms with E-state index in [4.69, 9.17) is 28.4 Å². The Hall–Kier alpha value is -7.25. The number of aliphatic hydroxyl groups excluding tert-OH is 2. The molecule has 7 rings (SSSR count). The first-order valence-corrected chi connectivity index (χ1v) is 23.7. The number of carbonyl (C=O) groups is 7. The van der Waals surface area contributed by atoms with Gasteiger partial charge in [0.15, 0.2) is 11.9 Å². The Kier molecular flexibility index (Phi) is 15.7. The van der Waals surface area contributed by atoms with E-state index in [9.17, 15) is 44.4 Å². The highest BCUT2D eigenvalue weighted by Gasteiger charge is 2.75. The molecular formula is C55H59NO17. The summed E-state index contributed by atoms with van der Waals surface area (Å²) in [5.74, 6) is -8.23. The first-order valence-electron chi connectivity index (χ1n) is 23.7. The monoisotopic (exact) mass is 1010 g/mol. The molecule has 0 saturated heterocycles. The highest BCUT2D eigenvalue weighted by molar-refractivity contribution is 5.96. The Morgan fingerprint density at radius 3 is 1.85 bits per heavy atom. The minimum atomic E-state index is -2.80. The first kappa shape index (κ1) is 53.5. The lowest BCUT2D eigenvalue weighted by Gasteiger charge is -2.64. The summed E-state index contributed by atoms with van der Waals surface area (Å²) in [5.41, 5.74) is -8.92. The molecule has 2 unspecified atom stereocenters. The lowest BCUT2D eigenvalue weighted by Crippen LogP contribution is -2.78. The van der Waals surface area contributed by atoms with Crippen LogP contribution in [-0.2, 0) is 54.2 Å². The summed E-state index contributed by atoms with van der Waals surface area (Å²) >= 11 is 0. The fraction of sp³-hybridized carbons (Fsp3) is 0.400. The van der Waals surface area contributed by atoms with Crippen LogP contribution in [-0.4, -0.2) is 117 Å². The molecule has 0 spiro atoms. The smallest absolute Gasteiger partial charge is 0.463 e. The number of amides is 1. The van der Waals surface area contributed by atoms with E-state index in [1.54, 1.807) is 84.9 Å². The van der Waals surface area contributed by atoms with Gasteiger partial charge in [0, 0.05) is 43.6 Å². The number of carbonyl (C=O) groups excluding carboxylic acids is 7. The van der Waals surface area contributed by atoms with Gasteiger partial charge in [-0.25, -0.2) is 14.4 Å². The van der Waals surface area contributed by atoms with E-state index in [1.807, 2.05) is 0 Å². The van der Waals surface area contributed by atoms with Crippen molar-refractivity contribution in [2.75, 3.05) is 6.61 Å². The molecule has 18 nitrogen and oxygen atoms in total. The number of nitrogens with one attached hydrogen (secondary N) is 1. The highest BCUT2D eigenvalue weighted by atomic mass is 16.7. The SMILES string of the molecule is CC(=O)OC[C@@]1(O)C2C(OC(=O)c3ccccc3)[C@]3(O)C[C@H](OC(=O)[C@H](OC(=O)OCc4ccccc4)[C@@H](NC(=O)c4ccccc4)c4ccccc4)C(C)=C([C@@H](OC(C)=O)C(=O)[C@]2(C)[C@@H](O)C[C@@H]1O)C3(C)C. The van der Waals surface area contributed by atoms with Crippen LogP contribution in [0.5, 0.6) is 0 Å². The maximum atomic E-state index is 15.6. The normalized spacial score (nSPS) is 28.1. The molecule has 2 saturated carbocycles. The van der Waals surface area contributed by atoms with Crippen LogP contribution < -0.4 is 5.32 Å². The average Bonchev–Trinajstić information content (AvgIpc) is 3.37. The number of ketones is 1. The molecule has 4 aromatic rings. The molecule has 0 aromatic heterocycles. The molecule has 3 aliphatic carbocycles. The van der Waals surface area contributed by atoms with Gasteiger partial charge < -0.3 is 54.2 Å². The second-order valence-electron chi connectivity index (χ2n) is 19.4. The van der Waals surface area contributed by atoms with Crippen molar-refractivity contribution < 1.29 is 82.4 Å². The second-order valence-corrected chi connectivity index (χ2v) is 19.4. The number of aliphatic hydroxyl groups is 4. The third kappa shape index (κ3) is 10.5. The molecule has 0 heterocycles. The van der Waals surface area contributed by atoms with Gasteiger partial charge in [0.1, 0.15) is 42.7 Å². The van der Waals surface area contributed by atoms with Crippen LogP contribution in [0.1, 0.15) is 92.3 Å². The van der Waals surface area contributed by atoms with Crippen molar-refractivity contribution in [3.8, 4) is 0 Å². The third-order valence-electron chi connectivity index (χ3n) is 14.6. The molecule has 18 heteroatoms. The number of benzene rings is 4.